The van der Waals surface area contributed by atoms with Gasteiger partial charge in [0.25, 0.3) is 0 Å². The van der Waals surface area contributed by atoms with E-state index in [1.807, 2.05) is 0 Å². The Labute approximate surface area is 95.5 Å². The summed E-state index contributed by atoms with van der Waals surface area (Å²) in [4.78, 5) is 0. The molecule has 4 nitrogen and oxygen atoms in total. The summed E-state index contributed by atoms with van der Waals surface area (Å²) >= 11 is 1.00. The first-order chi connectivity index (χ1) is 5.00. The molecule has 0 unspecified atom stereocenters. The van der Waals surface area contributed by atoms with Crippen LogP contribution in [0.1, 0.15) is 0 Å². The summed E-state index contributed by atoms with van der Waals surface area (Å²) in [6, 6.07) is 0. The monoisotopic (exact) mass is 437 g/mol. The third-order valence-corrected chi connectivity index (χ3v) is 0. The molecule has 0 aliphatic heterocycles. The van der Waals surface area contributed by atoms with Gasteiger partial charge in [-0.15, -0.1) is 0 Å². The second-order valence-electron chi connectivity index (χ2n) is 0. The first kappa shape index (κ1) is 31.9. The van der Waals surface area contributed by atoms with Crippen molar-refractivity contribution in [3.05, 3.63) is 26.3 Å². The summed E-state index contributed by atoms with van der Waals surface area (Å²) in [5.74, 6) is 0. The predicted molar refractivity (Wildman–Crippen MR) is 25.6 cm³/mol. The molecule has 0 aliphatic carbocycles. The molecular weight excluding hydrogens is 436 g/mol. The van der Waals surface area contributed by atoms with E-state index in [1.54, 1.807) is 0 Å². The molecule has 0 aliphatic rings. The maximum atomic E-state index is 6.25. The molecule has 0 aromatic carbocycles. The van der Waals surface area contributed by atoms with Crippen LogP contribution in [-0.2, 0) is 9.26 Å². The van der Waals surface area contributed by atoms with Gasteiger partial charge in [-0.3, -0.25) is 0 Å². The normalized spacial score (nSPS) is 1.60. The zero-order chi connectivity index (χ0) is 10.0. The van der Waals surface area contributed by atoms with Crippen molar-refractivity contribution in [1.29, 1.82) is 21.0 Å². The van der Waals surface area contributed by atoms with Crippen LogP contribution in [0.2, 0.25) is 0 Å². The van der Waals surface area contributed by atoms with Crippen LogP contribution in [0.3, 0.4) is 0 Å². The summed E-state index contributed by atoms with van der Waals surface area (Å²) in [7, 11) is 2.33. The van der Waals surface area contributed by atoms with Crippen LogP contribution in [0.4, 0.5) is 0 Å². The largest absolute Gasteiger partial charge is 0.512 e. The van der Waals surface area contributed by atoms with Crippen LogP contribution in [0.15, 0.2) is 0 Å². The number of hydrogen-bond acceptors (Lipinski definition) is 4. The summed E-state index contributed by atoms with van der Waals surface area (Å²) in [6.07, 6.45) is 0. The van der Waals surface area contributed by atoms with E-state index in [-0.39, 0.29) is 0 Å². The fourth-order valence-electron chi connectivity index (χ4n) is 0. The van der Waals surface area contributed by atoms with Gasteiger partial charge < -0.3 is 47.3 Å². The Morgan fingerprint density at radius 2 is 0.600 bits per heavy atom. The zero-order valence-electron chi connectivity index (χ0n) is 4.81. The Morgan fingerprint density at radius 3 is 0.600 bits per heavy atom. The van der Waals surface area contributed by atoms with Gasteiger partial charge in [0, 0.05) is 0 Å². The third-order valence-electron chi connectivity index (χ3n) is 0. The summed E-state index contributed by atoms with van der Waals surface area (Å²) in [6.45, 7) is 19.0. The van der Waals surface area contributed by atoms with Crippen molar-refractivity contribution in [2.45, 2.75) is 0 Å². The van der Waals surface area contributed by atoms with Crippen LogP contribution in [-0.4, -0.2) is 40.8 Å². The summed E-state index contributed by atoms with van der Waals surface area (Å²) < 4.78 is 0. The van der Waals surface area contributed by atoms with Gasteiger partial charge in [0.2, 0.25) is 0 Å². The van der Waals surface area contributed by atoms with Crippen molar-refractivity contribution >= 4 is 40.8 Å². The molecule has 52 valence electrons. The van der Waals surface area contributed by atoms with Crippen LogP contribution >= 0.6 is 0 Å². The molecule has 0 spiro atoms. The second-order valence-corrected chi connectivity index (χ2v) is 0. The SMILES string of the molecule is [Ba]=[Pt].[C-]#N.[C-]#N.[C-]#N.[C-]#N. The van der Waals surface area contributed by atoms with Gasteiger partial charge in [-0.2, -0.15) is 0 Å². The Bertz CT molecular complexity index is 70.4. The van der Waals surface area contributed by atoms with Crippen molar-refractivity contribution in [3.63, 3.8) is 0 Å². The van der Waals surface area contributed by atoms with E-state index < -0.39 is 0 Å². The standard InChI is InChI=1S/4CN.Ba.Pt/c4*1-2;;/q4*-1;;. The minimum Gasteiger partial charge on any atom is -0.512 e. The van der Waals surface area contributed by atoms with Crippen LogP contribution in [0.5, 0.6) is 0 Å². The van der Waals surface area contributed by atoms with E-state index >= 15 is 0 Å². The topological polar surface area (TPSA) is 95.2 Å². The number of nitrogens with zero attached hydrogens (tertiary/aromatic N) is 4. The van der Waals surface area contributed by atoms with E-state index in [1.165, 1.54) is 0 Å². The Kier molecular flexibility index (Phi) is 41100. The molecule has 0 rings (SSSR count). The maximum absolute atomic E-state index is 6.25. The molecule has 0 heterocycles. The molecule has 10 heavy (non-hydrogen) atoms. The molecular formula is C4BaN4Pt-4. The minimum atomic E-state index is 1.00. The summed E-state index contributed by atoms with van der Waals surface area (Å²) in [5, 5.41) is 25.0. The van der Waals surface area contributed by atoms with Gasteiger partial charge in [0.15, 0.2) is 0 Å². The fraction of sp³-hybridized carbons (Fsp3) is 0. The van der Waals surface area contributed by atoms with Gasteiger partial charge in [0.05, 0.1) is 0 Å². The van der Waals surface area contributed by atoms with E-state index in [0.29, 0.717) is 0 Å². The van der Waals surface area contributed by atoms with Gasteiger partial charge >= 0.3 is 50.1 Å². The average molecular weight is 436 g/mol. The molecule has 0 saturated carbocycles. The van der Waals surface area contributed by atoms with Crippen molar-refractivity contribution in [2.24, 2.45) is 0 Å². The third kappa shape index (κ3) is 8870. The molecule has 0 amide bonds. The molecule has 0 atom stereocenters. The van der Waals surface area contributed by atoms with Crippen molar-refractivity contribution in [3.8, 4) is 0 Å². The van der Waals surface area contributed by atoms with Crippen molar-refractivity contribution in [1.82, 2.24) is 0 Å². The van der Waals surface area contributed by atoms with Gasteiger partial charge in [-0.05, 0) is 0 Å². The zero-order valence-corrected chi connectivity index (χ0v) is 11.5. The van der Waals surface area contributed by atoms with Gasteiger partial charge in [-0.25, -0.2) is 0 Å². The quantitative estimate of drug-likeness (QED) is 0.395. The molecule has 0 aromatic rings. The fourth-order valence-corrected chi connectivity index (χ4v) is 0. The Balaban J connectivity index is -0.0000000104. The Hall–Kier alpha value is 0.220. The molecule has 0 N–H and O–H groups in total. The van der Waals surface area contributed by atoms with Crippen molar-refractivity contribution in [2.75, 3.05) is 0 Å². The van der Waals surface area contributed by atoms with Crippen LogP contribution in [0.25, 0.3) is 0 Å². The summed E-state index contributed by atoms with van der Waals surface area (Å²) in [5.41, 5.74) is 0. The molecule has 0 aromatic heterocycles. The maximum Gasteiger partial charge on any atom is -0.488 e. The van der Waals surface area contributed by atoms with Crippen LogP contribution in [0, 0.1) is 47.3 Å². The van der Waals surface area contributed by atoms with Gasteiger partial charge in [-0.1, -0.05) is 0 Å². The molecule has 0 radical (unpaired) electrons. The van der Waals surface area contributed by atoms with Crippen molar-refractivity contribution < 1.29 is 9.26 Å². The number of rotatable bonds is 0. The van der Waals surface area contributed by atoms with Crippen LogP contribution < -0.4 is 0 Å². The molecule has 6 heteroatoms. The average Bonchev–Trinajstić information content (AvgIpc) is 2.20. The first-order valence-corrected chi connectivity index (χ1v) is 14.2. The molecule has 0 saturated heterocycles. The predicted octanol–water partition coefficient (Wildman–Crippen LogP) is 0.00218. The van der Waals surface area contributed by atoms with E-state index in [0.717, 1.165) is 40.8 Å². The number of hydrogen-bond donors (Lipinski definition) is 0. The second kappa shape index (κ2) is 12900. The van der Waals surface area contributed by atoms with Gasteiger partial charge in [0.1, 0.15) is 0 Å². The van der Waals surface area contributed by atoms with E-state index in [2.05, 4.69) is 9.26 Å². The minimum absolute atomic E-state index is 1.00. The van der Waals surface area contributed by atoms with E-state index in [4.69, 9.17) is 47.3 Å². The molecule has 0 fully saturated rings. The van der Waals surface area contributed by atoms with E-state index in [9.17, 15) is 0 Å². The Morgan fingerprint density at radius 1 is 0.600 bits per heavy atom. The molecule has 0 bridgehead atoms. The first-order valence-electron chi connectivity index (χ1n) is 1.12. The smallest absolute Gasteiger partial charge is 0.488 e.